The van der Waals surface area contributed by atoms with Crippen LogP contribution in [0.25, 0.3) is 160 Å². The number of benzene rings is 11. The molecule has 7 aromatic heterocycles. The van der Waals surface area contributed by atoms with Gasteiger partial charge in [0.2, 0.25) is 0 Å². The van der Waals surface area contributed by atoms with Crippen LogP contribution >= 0.6 is 25.0 Å². The molecule has 18 rings (SSSR count). The van der Waals surface area contributed by atoms with Gasteiger partial charge in [-0.25, -0.2) is 0 Å². The molecule has 0 aliphatic rings. The third-order valence-electron chi connectivity index (χ3n) is 17.3. The number of hydrogen-bond donors (Lipinski definition) is 0. The molecule has 0 amide bonds. The van der Waals surface area contributed by atoms with Crippen molar-refractivity contribution in [2.75, 3.05) is 0 Å². The molecule has 0 aliphatic heterocycles. The van der Waals surface area contributed by atoms with Crippen LogP contribution in [0.15, 0.2) is 310 Å². The van der Waals surface area contributed by atoms with Crippen molar-refractivity contribution >= 4 is 130 Å². The average Bonchev–Trinajstić information content (AvgIpc) is 1.69. The standard InChI is InChI=1S/C42H27N3.C38H24N4.BH5P3.Y/c1-2-12-28(13-3-1)43-41-24-22-29(44-37-18-8-4-14-31(37)32-15-5-9-19-38(32)44)26-35(41)36-27-30(23-25-42(36)43)45-39-20-10-6-16-33(39)34-17-7-11-21-40(34)45;1-2-8-30-29(7-1)33-21-25(27-13-17-37(41-23-27)35-9-3-5-19-39-35)11-15-31(33)32-16-12-26(22-34(30)32)28-14-18-38(42-24-28)36-10-4-6-20-40-36;1-4(2)3;/h1-27H;1-24H;1H,2-3H2;/i;;1T;. The van der Waals surface area contributed by atoms with Gasteiger partial charge in [0.15, 0.2) is 0 Å². The van der Waals surface area contributed by atoms with Crippen LogP contribution < -0.4 is 0 Å². The zero-order chi connectivity index (χ0) is 61.7. The Hall–Kier alpha value is -9.34. The minimum atomic E-state index is -0.223. The molecule has 2 unspecified atom stereocenters. The minimum Gasteiger partial charge on any atom is -0.309 e. The molecule has 0 aliphatic carbocycles. The van der Waals surface area contributed by atoms with E-state index >= 15 is 0 Å². The first-order valence-corrected chi connectivity index (χ1v) is 34.8. The van der Waals surface area contributed by atoms with E-state index in [2.05, 4.69) is 278 Å². The molecule has 18 aromatic rings. The van der Waals surface area contributed by atoms with E-state index in [1.54, 1.807) is 12.4 Å². The molecule has 2 atom stereocenters. The molecule has 7 nitrogen and oxygen atoms in total. The number of pyridine rings is 4. The molecule has 0 bridgehead atoms. The minimum absolute atomic E-state index is 0. The molecule has 12 heteroatoms. The predicted molar refractivity (Wildman–Crippen MR) is 395 cm³/mol. The SMILES string of the molecule is [3H][B]P(P)P.[Y].c1ccc(-c2ccc(-c3ccc4c5ccc(-c6ccc(-c7ccccn7)nc6)cc5c5ccccc5c4c3)cn2)nc1.c1ccc(-n2c3ccc(-n4c5ccccc5c5ccccc54)cc3c3cc(-n4c5ccccc5c5ccccc54)ccc32)cc1. The molecule has 7 heterocycles. The third-order valence-corrected chi connectivity index (χ3v) is 17.3. The van der Waals surface area contributed by atoms with Gasteiger partial charge in [0.1, 0.15) is 7.53 Å². The van der Waals surface area contributed by atoms with Crippen LogP contribution in [0.4, 0.5) is 0 Å². The van der Waals surface area contributed by atoms with Crippen molar-refractivity contribution in [3.63, 3.8) is 0 Å². The number of nitrogens with zero attached hydrogens (tertiary/aromatic N) is 7. The molecule has 0 fully saturated rings. The van der Waals surface area contributed by atoms with Gasteiger partial charge in [0.25, 0.3) is 0 Å². The van der Waals surface area contributed by atoms with Gasteiger partial charge in [-0.2, -0.15) is 0 Å². The van der Waals surface area contributed by atoms with Crippen LogP contribution in [0.1, 0.15) is 0 Å². The zero-order valence-corrected chi connectivity index (χ0v) is 55.9. The fraction of sp³-hybridized carbons (Fsp3) is 0. The quantitative estimate of drug-likeness (QED) is 0.0864. The van der Waals surface area contributed by atoms with Crippen molar-refractivity contribution in [1.82, 2.24) is 33.6 Å². The van der Waals surface area contributed by atoms with Crippen molar-refractivity contribution in [3.8, 4) is 62.1 Å². The van der Waals surface area contributed by atoms with Crippen LogP contribution in [0, 0.1) is 0 Å². The Balaban J connectivity index is 0.000000143. The van der Waals surface area contributed by atoms with Gasteiger partial charge >= 0.3 is 0 Å². The summed E-state index contributed by atoms with van der Waals surface area (Å²) in [5.41, 5.74) is 18.7. The molecule has 432 valence electrons. The second-order valence-corrected chi connectivity index (χ2v) is 28.9. The van der Waals surface area contributed by atoms with Crippen molar-refractivity contribution < 1.29 is 32.7 Å². The molecular weight excluding hydrogens is 1250 g/mol. The molecular formula is C80H56BN7P3Y. The van der Waals surface area contributed by atoms with Gasteiger partial charge in [-0.1, -0.05) is 164 Å². The van der Waals surface area contributed by atoms with E-state index in [1.807, 2.05) is 60.9 Å². The van der Waals surface area contributed by atoms with Crippen LogP contribution in [-0.2, 0) is 32.7 Å². The molecule has 0 saturated heterocycles. The molecule has 2 radical (unpaired) electrons. The summed E-state index contributed by atoms with van der Waals surface area (Å²) in [6.45, 7) is 0. The van der Waals surface area contributed by atoms with Crippen molar-refractivity contribution in [2.24, 2.45) is 0 Å². The zero-order valence-electron chi connectivity index (χ0n) is 50.8. The van der Waals surface area contributed by atoms with Crippen LogP contribution in [-0.4, -0.2) is 42.5 Å². The maximum absolute atomic E-state index is 6.52. The van der Waals surface area contributed by atoms with E-state index in [0.717, 1.165) is 62.1 Å². The summed E-state index contributed by atoms with van der Waals surface area (Å²) in [4.78, 5) is 18.3. The van der Waals surface area contributed by atoms with Gasteiger partial charge in [-0.05, 0) is 166 Å². The van der Waals surface area contributed by atoms with Crippen molar-refractivity contribution in [3.05, 3.63) is 310 Å². The predicted octanol–water partition coefficient (Wildman–Crippen LogP) is 21.2. The second-order valence-electron chi connectivity index (χ2n) is 22.6. The molecule has 92 heavy (non-hydrogen) atoms. The summed E-state index contributed by atoms with van der Waals surface area (Å²) < 4.78 is 13.7. The summed E-state index contributed by atoms with van der Waals surface area (Å²) >= 11 is 0. The van der Waals surface area contributed by atoms with Gasteiger partial charge in [-0.15, -0.1) is 25.0 Å². The normalized spacial score (nSPS) is 11.5. The van der Waals surface area contributed by atoms with Crippen molar-refractivity contribution in [2.45, 2.75) is 0 Å². The summed E-state index contributed by atoms with van der Waals surface area (Å²) in [5.74, 6) is 0. The Bertz CT molecular complexity index is 5330. The number of aromatic nitrogens is 7. The van der Waals surface area contributed by atoms with E-state index in [0.29, 0.717) is 0 Å². The van der Waals surface area contributed by atoms with Gasteiger partial charge in [0.05, 0.1) is 55.9 Å². The summed E-state index contributed by atoms with van der Waals surface area (Å²) in [6.07, 6.45) is 7.47. The van der Waals surface area contributed by atoms with Gasteiger partial charge in [0, 0.05) is 118 Å². The van der Waals surface area contributed by atoms with Gasteiger partial charge in [-0.3, -0.25) is 19.9 Å². The summed E-state index contributed by atoms with van der Waals surface area (Å²) in [6, 6.07) is 102. The number of rotatable bonds is 8. The van der Waals surface area contributed by atoms with Crippen LogP contribution in [0.3, 0.4) is 0 Å². The van der Waals surface area contributed by atoms with E-state index in [-0.39, 0.29) is 39.9 Å². The molecule has 0 spiro atoms. The fourth-order valence-corrected chi connectivity index (χ4v) is 13.3. The monoisotopic (exact) mass is 1310 g/mol. The summed E-state index contributed by atoms with van der Waals surface area (Å²) in [5, 5.41) is 15.0. The first kappa shape index (κ1) is 57.8. The van der Waals surface area contributed by atoms with Crippen LogP contribution in [0.2, 0.25) is 0 Å². The number of fused-ring (bicyclic) bond motifs is 15. The van der Waals surface area contributed by atoms with Crippen LogP contribution in [0.5, 0.6) is 0 Å². The topological polar surface area (TPSA) is 66.3 Å². The Morgan fingerprint density at radius 3 is 0.967 bits per heavy atom. The number of para-hydroxylation sites is 5. The largest absolute Gasteiger partial charge is 0.309 e. The second kappa shape index (κ2) is 25.4. The van der Waals surface area contributed by atoms with E-state index in [4.69, 9.17) is 11.3 Å². The summed E-state index contributed by atoms with van der Waals surface area (Å²) in [7, 11) is 6.22. The smallest absolute Gasteiger partial charge is 0.135 e. The maximum atomic E-state index is 6.52. The van der Waals surface area contributed by atoms with E-state index in [1.165, 1.54) is 105 Å². The Morgan fingerprint density at radius 1 is 0.272 bits per heavy atom. The van der Waals surface area contributed by atoms with E-state index < -0.39 is 0 Å². The molecule has 0 N–H and O–H groups in total. The molecule has 0 saturated carbocycles. The third kappa shape index (κ3) is 10.8. The van der Waals surface area contributed by atoms with Gasteiger partial charge < -0.3 is 13.7 Å². The first-order valence-electron chi connectivity index (χ1n) is 30.8. The molecule has 11 aromatic carbocycles. The Labute approximate surface area is 565 Å². The first-order chi connectivity index (χ1) is 45.4. The van der Waals surface area contributed by atoms with E-state index in [9.17, 15) is 0 Å². The number of hydrogen-bond acceptors (Lipinski definition) is 4. The average molecular weight is 1310 g/mol. The maximum Gasteiger partial charge on any atom is 0.135 e. The Morgan fingerprint density at radius 2 is 0.598 bits per heavy atom. The van der Waals surface area contributed by atoms with Crippen molar-refractivity contribution in [1.29, 1.82) is 1.34 Å². The fourth-order valence-electron chi connectivity index (χ4n) is 13.3. The Kier molecular flexibility index (Phi) is 15.9.